The van der Waals surface area contributed by atoms with Crippen LogP contribution in [0.4, 0.5) is 0 Å². The Hall–Kier alpha value is -2.66. The van der Waals surface area contributed by atoms with Gasteiger partial charge in [-0.2, -0.15) is 0 Å². The first-order valence-electron chi connectivity index (χ1n) is 12.5. The Morgan fingerprint density at radius 2 is 1.06 bits per heavy atom. The second-order valence-corrected chi connectivity index (χ2v) is 9.70. The molecule has 5 heteroatoms. The Bertz CT molecular complexity index is 813. The third kappa shape index (κ3) is 7.17. The van der Waals surface area contributed by atoms with E-state index in [1.807, 2.05) is 74.5 Å². The number of hydrogen-bond acceptors (Lipinski definition) is 3. The SMILES string of the molecule is CNC(=O)C(C)(CCCCC(O)CCCCC(C)(C(=O)NC)c1ccccc1)c1ccccc1. The first-order chi connectivity index (χ1) is 16.3. The van der Waals surface area contributed by atoms with E-state index in [1.165, 1.54) is 0 Å². The van der Waals surface area contributed by atoms with Crippen molar-refractivity contribution in [2.75, 3.05) is 14.1 Å². The van der Waals surface area contributed by atoms with Gasteiger partial charge in [0.2, 0.25) is 11.8 Å². The Labute approximate surface area is 205 Å². The molecule has 3 N–H and O–H groups in total. The largest absolute Gasteiger partial charge is 0.393 e. The zero-order chi connectivity index (χ0) is 25.0. The molecule has 0 spiro atoms. The molecule has 0 bridgehead atoms. The average Bonchev–Trinajstić information content (AvgIpc) is 2.88. The van der Waals surface area contributed by atoms with Gasteiger partial charge in [-0.25, -0.2) is 0 Å². The fourth-order valence-corrected chi connectivity index (χ4v) is 4.80. The molecule has 34 heavy (non-hydrogen) atoms. The predicted octanol–water partition coefficient (Wildman–Crippen LogP) is 4.88. The molecule has 0 fully saturated rings. The van der Waals surface area contributed by atoms with E-state index in [2.05, 4.69) is 10.6 Å². The maximum absolute atomic E-state index is 12.6. The lowest BCUT2D eigenvalue weighted by Gasteiger charge is -2.29. The predicted molar refractivity (Wildman–Crippen MR) is 139 cm³/mol. The lowest BCUT2D eigenvalue weighted by Crippen LogP contribution is -2.40. The highest BCUT2D eigenvalue weighted by Crippen LogP contribution is 2.32. The van der Waals surface area contributed by atoms with Crippen LogP contribution < -0.4 is 10.6 Å². The molecule has 186 valence electrons. The minimum absolute atomic E-state index is 0.0248. The van der Waals surface area contributed by atoms with Crippen LogP contribution in [0.25, 0.3) is 0 Å². The lowest BCUT2D eigenvalue weighted by atomic mass is 9.77. The minimum atomic E-state index is -0.567. The fourth-order valence-electron chi connectivity index (χ4n) is 4.80. The number of aliphatic hydroxyl groups is 1. The molecule has 0 saturated carbocycles. The molecule has 0 aliphatic carbocycles. The van der Waals surface area contributed by atoms with Crippen molar-refractivity contribution in [1.29, 1.82) is 0 Å². The van der Waals surface area contributed by atoms with Crippen LogP contribution in [0.15, 0.2) is 60.7 Å². The topological polar surface area (TPSA) is 78.4 Å². The van der Waals surface area contributed by atoms with E-state index in [-0.39, 0.29) is 17.9 Å². The lowest BCUT2D eigenvalue weighted by molar-refractivity contribution is -0.126. The highest BCUT2D eigenvalue weighted by atomic mass is 16.3. The number of carbonyl (C=O) groups is 2. The summed E-state index contributed by atoms with van der Waals surface area (Å²) in [5.41, 5.74) is 0.908. The van der Waals surface area contributed by atoms with Crippen molar-refractivity contribution in [3.8, 4) is 0 Å². The van der Waals surface area contributed by atoms with Crippen molar-refractivity contribution in [3.63, 3.8) is 0 Å². The maximum Gasteiger partial charge on any atom is 0.230 e. The molecule has 2 unspecified atom stereocenters. The standard InChI is InChI=1S/C29H42N2O3/c1-28(26(33)30-3,23-15-7-5-8-16-23)21-13-11-19-25(32)20-12-14-22-29(2,27(34)31-4)24-17-9-6-10-18-24/h5-10,15-18,25,32H,11-14,19-22H2,1-4H3,(H,30,33)(H,31,34). The highest BCUT2D eigenvalue weighted by molar-refractivity contribution is 5.88. The number of hydrogen-bond donors (Lipinski definition) is 3. The minimum Gasteiger partial charge on any atom is -0.393 e. The summed E-state index contributed by atoms with van der Waals surface area (Å²) in [6.07, 6.45) is 6.08. The molecule has 2 amide bonds. The van der Waals surface area contributed by atoms with Gasteiger partial charge in [-0.1, -0.05) is 86.3 Å². The zero-order valence-corrected chi connectivity index (χ0v) is 21.3. The van der Waals surface area contributed by atoms with Crippen LogP contribution in [0, 0.1) is 0 Å². The zero-order valence-electron chi connectivity index (χ0n) is 21.3. The summed E-state index contributed by atoms with van der Waals surface area (Å²) in [6.45, 7) is 3.99. The van der Waals surface area contributed by atoms with Gasteiger partial charge in [-0.3, -0.25) is 9.59 Å². The summed E-state index contributed by atoms with van der Waals surface area (Å²) < 4.78 is 0. The van der Waals surface area contributed by atoms with Gasteiger partial charge in [0.05, 0.1) is 16.9 Å². The summed E-state index contributed by atoms with van der Waals surface area (Å²) in [5.74, 6) is 0.0497. The van der Waals surface area contributed by atoms with Gasteiger partial charge >= 0.3 is 0 Å². The van der Waals surface area contributed by atoms with Gasteiger partial charge in [0, 0.05) is 14.1 Å². The molecule has 2 aromatic carbocycles. The number of aliphatic hydroxyl groups excluding tert-OH is 1. The van der Waals surface area contributed by atoms with Crippen LogP contribution in [0.3, 0.4) is 0 Å². The second-order valence-electron chi connectivity index (χ2n) is 9.70. The molecule has 0 aliphatic rings. The van der Waals surface area contributed by atoms with E-state index in [9.17, 15) is 14.7 Å². The van der Waals surface area contributed by atoms with Crippen molar-refractivity contribution in [2.24, 2.45) is 0 Å². The van der Waals surface area contributed by atoms with Crippen LogP contribution in [-0.2, 0) is 20.4 Å². The molecular weight excluding hydrogens is 424 g/mol. The second kappa shape index (κ2) is 13.3. The Morgan fingerprint density at radius 1 is 0.706 bits per heavy atom. The van der Waals surface area contributed by atoms with Crippen molar-refractivity contribution in [3.05, 3.63) is 71.8 Å². The van der Waals surface area contributed by atoms with Crippen molar-refractivity contribution in [2.45, 2.75) is 82.1 Å². The monoisotopic (exact) mass is 466 g/mol. The number of amides is 2. The summed E-state index contributed by atoms with van der Waals surface area (Å²) >= 11 is 0. The van der Waals surface area contributed by atoms with Gasteiger partial charge in [0.1, 0.15) is 0 Å². The van der Waals surface area contributed by atoms with Crippen LogP contribution in [0.5, 0.6) is 0 Å². The third-order valence-electron chi connectivity index (χ3n) is 7.21. The average molecular weight is 467 g/mol. The van der Waals surface area contributed by atoms with E-state index in [0.29, 0.717) is 0 Å². The number of unbranched alkanes of at least 4 members (excludes halogenated alkanes) is 2. The molecule has 0 aromatic heterocycles. The molecule has 2 aromatic rings. The Morgan fingerprint density at radius 3 is 1.38 bits per heavy atom. The molecule has 5 nitrogen and oxygen atoms in total. The third-order valence-corrected chi connectivity index (χ3v) is 7.21. The summed E-state index contributed by atoms with van der Waals surface area (Å²) in [6, 6.07) is 19.8. The van der Waals surface area contributed by atoms with Gasteiger partial charge in [-0.05, 0) is 50.7 Å². The Kier molecular flexibility index (Phi) is 10.8. The number of benzene rings is 2. The normalized spacial score (nSPS) is 15.6. The van der Waals surface area contributed by atoms with Crippen LogP contribution >= 0.6 is 0 Å². The van der Waals surface area contributed by atoms with Gasteiger partial charge in [0.15, 0.2) is 0 Å². The van der Waals surface area contributed by atoms with Gasteiger partial charge in [-0.15, -0.1) is 0 Å². The van der Waals surface area contributed by atoms with E-state index in [0.717, 1.165) is 62.5 Å². The number of carbonyl (C=O) groups excluding carboxylic acids is 2. The van der Waals surface area contributed by atoms with Gasteiger partial charge < -0.3 is 15.7 Å². The molecule has 0 heterocycles. The molecule has 0 saturated heterocycles. The molecular formula is C29H42N2O3. The molecule has 0 aliphatic heterocycles. The number of nitrogens with one attached hydrogen (secondary N) is 2. The fraction of sp³-hybridized carbons (Fsp3) is 0.517. The van der Waals surface area contributed by atoms with E-state index in [1.54, 1.807) is 14.1 Å². The highest BCUT2D eigenvalue weighted by Gasteiger charge is 2.34. The maximum atomic E-state index is 12.6. The summed E-state index contributed by atoms with van der Waals surface area (Å²) in [4.78, 5) is 25.2. The molecule has 2 atom stereocenters. The molecule has 0 radical (unpaired) electrons. The first kappa shape index (κ1) is 27.6. The smallest absolute Gasteiger partial charge is 0.230 e. The van der Waals surface area contributed by atoms with Crippen molar-refractivity contribution in [1.82, 2.24) is 10.6 Å². The number of likely N-dealkylation sites (N-methyl/N-ethyl adjacent to an activating group) is 2. The van der Waals surface area contributed by atoms with E-state index in [4.69, 9.17) is 0 Å². The summed E-state index contributed by atoms with van der Waals surface area (Å²) in [7, 11) is 3.36. The Balaban J connectivity index is 1.78. The van der Waals surface area contributed by atoms with Crippen molar-refractivity contribution < 1.29 is 14.7 Å². The van der Waals surface area contributed by atoms with Crippen LogP contribution in [0.2, 0.25) is 0 Å². The summed E-state index contributed by atoms with van der Waals surface area (Å²) in [5, 5.41) is 16.1. The molecule has 2 rings (SSSR count). The van der Waals surface area contributed by atoms with Crippen LogP contribution in [0.1, 0.15) is 76.3 Å². The van der Waals surface area contributed by atoms with E-state index >= 15 is 0 Å². The number of rotatable bonds is 14. The van der Waals surface area contributed by atoms with E-state index < -0.39 is 10.8 Å². The van der Waals surface area contributed by atoms with Gasteiger partial charge in [0.25, 0.3) is 0 Å². The first-order valence-corrected chi connectivity index (χ1v) is 12.5. The van der Waals surface area contributed by atoms with Crippen LogP contribution in [-0.4, -0.2) is 37.1 Å². The quantitative estimate of drug-likeness (QED) is 0.347. The van der Waals surface area contributed by atoms with Crippen molar-refractivity contribution >= 4 is 11.8 Å².